The number of hydrogen-bond donors (Lipinski definition) is 2. The Morgan fingerprint density at radius 3 is 2.71 bits per heavy atom. The van der Waals surface area contributed by atoms with Crippen molar-refractivity contribution < 1.29 is 19.1 Å². The monoisotopic (exact) mass is 413 g/mol. The molecule has 1 aliphatic carbocycles. The summed E-state index contributed by atoms with van der Waals surface area (Å²) < 4.78 is 6.29. The lowest BCUT2D eigenvalue weighted by Crippen LogP contribution is -2.03. The van der Waals surface area contributed by atoms with Crippen molar-refractivity contribution in [1.82, 2.24) is 0 Å². The number of carbonyl (C=O) groups excluding carboxylic acids is 1. The fourth-order valence-corrected chi connectivity index (χ4v) is 4.53. The van der Waals surface area contributed by atoms with Crippen molar-refractivity contribution in [1.29, 1.82) is 0 Å². The van der Waals surface area contributed by atoms with Crippen LogP contribution in [0.25, 0.3) is 22.8 Å². The molecule has 5 rings (SSSR count). The number of fused-ring (bicyclic) bond motifs is 2. The lowest BCUT2D eigenvalue weighted by Gasteiger charge is -2.11. The predicted molar refractivity (Wildman–Crippen MR) is 120 cm³/mol. The number of hydrogen-bond acceptors (Lipinski definition) is 3. The third-order valence-corrected chi connectivity index (χ3v) is 6.03. The van der Waals surface area contributed by atoms with E-state index in [-0.39, 0.29) is 12.3 Å². The molecule has 0 atom stereocenters. The Morgan fingerprint density at radius 1 is 1.10 bits per heavy atom. The van der Waals surface area contributed by atoms with Gasteiger partial charge in [-0.3, -0.25) is 9.59 Å². The fraction of sp³-hybridized carbons (Fsp3) is 0.231. The zero-order valence-electron chi connectivity index (χ0n) is 17.1. The van der Waals surface area contributed by atoms with E-state index in [1.165, 1.54) is 5.56 Å². The summed E-state index contributed by atoms with van der Waals surface area (Å²) >= 11 is 0. The van der Waals surface area contributed by atoms with Gasteiger partial charge in [0, 0.05) is 35.2 Å². The second-order valence-corrected chi connectivity index (χ2v) is 8.10. The van der Waals surface area contributed by atoms with Crippen molar-refractivity contribution in [3.8, 4) is 11.1 Å². The molecule has 5 heteroatoms. The van der Waals surface area contributed by atoms with Gasteiger partial charge in [0.15, 0.2) is 0 Å². The zero-order chi connectivity index (χ0) is 21.4. The van der Waals surface area contributed by atoms with Crippen molar-refractivity contribution in [2.45, 2.75) is 38.5 Å². The Kier molecular flexibility index (Phi) is 4.94. The van der Waals surface area contributed by atoms with E-state index in [1.54, 1.807) is 0 Å². The standard InChI is InChI=1S/C26H23NO4/c28-24(29)13-11-16-10-12-21-19(14-16)20(26(30)27-21)15-23-25(17-6-2-1-3-7-17)18-8-4-5-9-22(18)31-23/h1-3,6-7,10,12,14-15H,4-5,8-9,11,13H2,(H,27,30)(H,28,29). The molecule has 3 aromatic rings. The van der Waals surface area contributed by atoms with Gasteiger partial charge in [0.25, 0.3) is 5.91 Å². The largest absolute Gasteiger partial charge is 0.481 e. The summed E-state index contributed by atoms with van der Waals surface area (Å²) in [6, 6.07) is 15.8. The highest BCUT2D eigenvalue weighted by Crippen LogP contribution is 2.41. The van der Waals surface area contributed by atoms with E-state index in [9.17, 15) is 9.59 Å². The van der Waals surface area contributed by atoms with Gasteiger partial charge in [-0.25, -0.2) is 0 Å². The normalized spacial score (nSPS) is 16.1. The topological polar surface area (TPSA) is 79.5 Å². The fourth-order valence-electron chi connectivity index (χ4n) is 4.53. The molecule has 0 saturated carbocycles. The number of anilines is 1. The van der Waals surface area contributed by atoms with Gasteiger partial charge in [0.1, 0.15) is 11.5 Å². The molecule has 2 aliphatic rings. The second-order valence-electron chi connectivity index (χ2n) is 8.10. The molecular weight excluding hydrogens is 390 g/mol. The van der Waals surface area contributed by atoms with Crippen LogP contribution in [0.5, 0.6) is 0 Å². The van der Waals surface area contributed by atoms with Crippen LogP contribution in [0.2, 0.25) is 0 Å². The number of carbonyl (C=O) groups is 2. The molecule has 1 aromatic heterocycles. The molecule has 2 heterocycles. The van der Waals surface area contributed by atoms with Crippen molar-refractivity contribution in [3.05, 3.63) is 76.7 Å². The summed E-state index contributed by atoms with van der Waals surface area (Å²) in [4.78, 5) is 23.7. The van der Waals surface area contributed by atoms with Gasteiger partial charge in [0.2, 0.25) is 0 Å². The van der Waals surface area contributed by atoms with Crippen LogP contribution in [0.3, 0.4) is 0 Å². The van der Waals surface area contributed by atoms with E-state index in [1.807, 2.05) is 42.5 Å². The second kappa shape index (κ2) is 7.91. The average molecular weight is 413 g/mol. The molecule has 0 radical (unpaired) electrons. The molecule has 5 nitrogen and oxygen atoms in total. The Hall–Kier alpha value is -3.60. The van der Waals surface area contributed by atoms with Crippen LogP contribution in [0.1, 0.15) is 47.5 Å². The van der Waals surface area contributed by atoms with Gasteiger partial charge in [-0.05, 0) is 55.0 Å². The highest BCUT2D eigenvalue weighted by atomic mass is 16.4. The summed E-state index contributed by atoms with van der Waals surface area (Å²) in [6.07, 6.45) is 6.48. The highest BCUT2D eigenvalue weighted by Gasteiger charge is 2.28. The minimum Gasteiger partial charge on any atom is -0.481 e. The molecule has 0 spiro atoms. The first kappa shape index (κ1) is 19.4. The summed E-state index contributed by atoms with van der Waals surface area (Å²) in [7, 11) is 0. The van der Waals surface area contributed by atoms with Crippen molar-refractivity contribution in [2.75, 3.05) is 5.32 Å². The highest BCUT2D eigenvalue weighted by molar-refractivity contribution is 6.35. The first-order chi connectivity index (χ1) is 15.1. The lowest BCUT2D eigenvalue weighted by atomic mass is 9.91. The summed E-state index contributed by atoms with van der Waals surface area (Å²) in [5.74, 6) is 0.732. The maximum absolute atomic E-state index is 12.8. The molecule has 1 amide bonds. The zero-order valence-corrected chi connectivity index (χ0v) is 17.1. The Balaban J connectivity index is 1.61. The van der Waals surface area contributed by atoms with Gasteiger partial charge < -0.3 is 14.8 Å². The van der Waals surface area contributed by atoms with E-state index in [0.29, 0.717) is 17.8 Å². The molecule has 2 N–H and O–H groups in total. The number of carboxylic acid groups (broad SMARTS) is 1. The third-order valence-electron chi connectivity index (χ3n) is 6.03. The maximum atomic E-state index is 12.8. The summed E-state index contributed by atoms with van der Waals surface area (Å²) in [5.41, 5.74) is 6.40. The minimum absolute atomic E-state index is 0.0578. The molecule has 0 saturated heterocycles. The predicted octanol–water partition coefficient (Wildman–Crippen LogP) is 5.34. The molecule has 1 aliphatic heterocycles. The van der Waals surface area contributed by atoms with Gasteiger partial charge >= 0.3 is 5.97 Å². The first-order valence-corrected chi connectivity index (χ1v) is 10.7. The first-order valence-electron chi connectivity index (χ1n) is 10.7. The number of aryl methyl sites for hydroxylation is 2. The van der Waals surface area contributed by atoms with Crippen LogP contribution in [-0.4, -0.2) is 17.0 Å². The number of rotatable bonds is 5. The molecule has 156 valence electrons. The number of nitrogens with one attached hydrogen (secondary N) is 1. The van der Waals surface area contributed by atoms with Crippen LogP contribution in [0.15, 0.2) is 52.9 Å². The Labute approximate surface area is 180 Å². The van der Waals surface area contributed by atoms with Gasteiger partial charge in [-0.2, -0.15) is 0 Å². The Morgan fingerprint density at radius 2 is 1.90 bits per heavy atom. The van der Waals surface area contributed by atoms with Gasteiger partial charge in [-0.1, -0.05) is 36.4 Å². The lowest BCUT2D eigenvalue weighted by molar-refractivity contribution is -0.137. The van der Waals surface area contributed by atoms with E-state index < -0.39 is 5.97 Å². The van der Waals surface area contributed by atoms with Crippen molar-refractivity contribution in [3.63, 3.8) is 0 Å². The van der Waals surface area contributed by atoms with Crippen LogP contribution in [0, 0.1) is 0 Å². The summed E-state index contributed by atoms with van der Waals surface area (Å²) in [6.45, 7) is 0. The van der Waals surface area contributed by atoms with E-state index in [0.717, 1.165) is 59.4 Å². The number of benzene rings is 2. The Bertz CT molecular complexity index is 1200. The summed E-state index contributed by atoms with van der Waals surface area (Å²) in [5, 5.41) is 11.9. The molecule has 2 aromatic carbocycles. The quantitative estimate of drug-likeness (QED) is 0.554. The molecular formula is C26H23NO4. The van der Waals surface area contributed by atoms with Crippen LogP contribution < -0.4 is 5.32 Å². The molecule has 31 heavy (non-hydrogen) atoms. The van der Waals surface area contributed by atoms with Crippen LogP contribution in [0.4, 0.5) is 5.69 Å². The molecule has 0 unspecified atom stereocenters. The smallest absolute Gasteiger partial charge is 0.303 e. The SMILES string of the molecule is O=C(O)CCc1ccc2c(c1)C(=Cc1oc3c(c1-c1ccccc1)CCCC3)C(=O)N2. The van der Waals surface area contributed by atoms with Crippen LogP contribution in [-0.2, 0) is 28.9 Å². The third kappa shape index (κ3) is 3.67. The van der Waals surface area contributed by atoms with E-state index in [4.69, 9.17) is 9.52 Å². The van der Waals surface area contributed by atoms with Gasteiger partial charge in [0.05, 0.1) is 5.57 Å². The van der Waals surface area contributed by atoms with E-state index in [2.05, 4.69) is 17.4 Å². The van der Waals surface area contributed by atoms with Crippen LogP contribution >= 0.6 is 0 Å². The number of aliphatic carboxylic acids is 1. The average Bonchev–Trinajstić information content (AvgIpc) is 3.30. The number of furan rings is 1. The van der Waals surface area contributed by atoms with Gasteiger partial charge in [-0.15, -0.1) is 0 Å². The number of amides is 1. The van der Waals surface area contributed by atoms with E-state index >= 15 is 0 Å². The van der Waals surface area contributed by atoms with Crippen molar-refractivity contribution in [2.24, 2.45) is 0 Å². The number of carboxylic acids is 1. The maximum Gasteiger partial charge on any atom is 0.303 e. The molecule has 0 bridgehead atoms. The minimum atomic E-state index is -0.834. The van der Waals surface area contributed by atoms with Crippen molar-refractivity contribution >= 4 is 29.2 Å². The molecule has 0 fully saturated rings.